The van der Waals surface area contributed by atoms with Crippen LogP contribution in [0.2, 0.25) is 0 Å². The minimum absolute atomic E-state index is 0.0128. The van der Waals surface area contributed by atoms with Gasteiger partial charge in [-0.15, -0.1) is 0 Å². The number of carboxylic acids is 1. The van der Waals surface area contributed by atoms with E-state index in [0.29, 0.717) is 5.69 Å². The Labute approximate surface area is 120 Å². The average molecular weight is 287 g/mol. The molecule has 108 valence electrons. The number of carboxylic acid groups (broad SMARTS) is 1. The van der Waals surface area contributed by atoms with Crippen LogP contribution in [0.5, 0.6) is 11.5 Å². The van der Waals surface area contributed by atoms with Gasteiger partial charge in [0.05, 0.1) is 0 Å². The van der Waals surface area contributed by atoms with Gasteiger partial charge < -0.3 is 15.3 Å². The Morgan fingerprint density at radius 1 is 0.952 bits per heavy atom. The normalized spacial score (nSPS) is 10.1. The second-order valence-electron chi connectivity index (χ2n) is 4.35. The highest BCUT2D eigenvalue weighted by Crippen LogP contribution is 2.21. The van der Waals surface area contributed by atoms with E-state index in [0.717, 1.165) is 4.90 Å². The molecular weight excluding hydrogens is 274 g/mol. The molecule has 0 aliphatic carbocycles. The van der Waals surface area contributed by atoms with Gasteiger partial charge in [-0.25, -0.2) is 0 Å². The molecule has 2 aromatic rings. The molecule has 0 bridgehead atoms. The van der Waals surface area contributed by atoms with Crippen molar-refractivity contribution in [3.05, 3.63) is 54.1 Å². The standard InChI is InChI=1S/C15H13NO5/c17-12-6-4-11(5-7-12)16(9-14(19)20)15(21)10-2-1-3-13(18)8-10/h1-8,17-18H,9H2,(H,19,20). The lowest BCUT2D eigenvalue weighted by molar-refractivity contribution is -0.135. The maximum absolute atomic E-state index is 12.4. The van der Waals surface area contributed by atoms with Crippen molar-refractivity contribution in [1.82, 2.24) is 0 Å². The predicted octanol–water partition coefficient (Wildman–Crippen LogP) is 1.83. The average Bonchev–Trinajstić information content (AvgIpc) is 2.45. The Bertz CT molecular complexity index is 666. The van der Waals surface area contributed by atoms with Crippen LogP contribution in [0, 0.1) is 0 Å². The Morgan fingerprint density at radius 3 is 2.19 bits per heavy atom. The number of rotatable bonds is 4. The second-order valence-corrected chi connectivity index (χ2v) is 4.35. The first-order valence-electron chi connectivity index (χ1n) is 6.09. The Morgan fingerprint density at radius 2 is 1.62 bits per heavy atom. The number of phenols is 2. The summed E-state index contributed by atoms with van der Waals surface area (Å²) in [5, 5.41) is 27.6. The van der Waals surface area contributed by atoms with Gasteiger partial charge in [0.25, 0.3) is 5.91 Å². The molecule has 0 aromatic heterocycles. The molecule has 0 spiro atoms. The SMILES string of the molecule is O=C(O)CN(C(=O)c1cccc(O)c1)c1ccc(O)cc1. The number of aromatic hydroxyl groups is 2. The van der Waals surface area contributed by atoms with E-state index in [1.807, 2.05) is 0 Å². The van der Waals surface area contributed by atoms with Crippen LogP contribution in [0.1, 0.15) is 10.4 Å². The molecule has 1 amide bonds. The van der Waals surface area contributed by atoms with Gasteiger partial charge in [0, 0.05) is 11.3 Å². The summed E-state index contributed by atoms with van der Waals surface area (Å²) in [4.78, 5) is 24.4. The minimum atomic E-state index is -1.17. The monoisotopic (exact) mass is 287 g/mol. The molecule has 2 rings (SSSR count). The van der Waals surface area contributed by atoms with Crippen molar-refractivity contribution < 1.29 is 24.9 Å². The smallest absolute Gasteiger partial charge is 0.323 e. The third kappa shape index (κ3) is 3.50. The summed E-state index contributed by atoms with van der Waals surface area (Å²) in [7, 11) is 0. The molecule has 6 heteroatoms. The van der Waals surface area contributed by atoms with Gasteiger partial charge in [-0.2, -0.15) is 0 Å². The molecule has 0 saturated heterocycles. The van der Waals surface area contributed by atoms with Gasteiger partial charge >= 0.3 is 5.97 Å². The van der Waals surface area contributed by atoms with Crippen LogP contribution in [-0.2, 0) is 4.79 Å². The van der Waals surface area contributed by atoms with Gasteiger partial charge in [0.2, 0.25) is 0 Å². The summed E-state index contributed by atoms with van der Waals surface area (Å²) in [6.45, 7) is -0.529. The molecule has 6 nitrogen and oxygen atoms in total. The number of nitrogens with zero attached hydrogens (tertiary/aromatic N) is 1. The summed E-state index contributed by atoms with van der Waals surface area (Å²) < 4.78 is 0. The van der Waals surface area contributed by atoms with Gasteiger partial charge in [-0.1, -0.05) is 6.07 Å². The number of anilines is 1. The number of benzene rings is 2. The van der Waals surface area contributed by atoms with E-state index in [4.69, 9.17) is 5.11 Å². The zero-order chi connectivity index (χ0) is 15.4. The summed E-state index contributed by atoms with van der Waals surface area (Å²) in [6.07, 6.45) is 0. The molecule has 0 radical (unpaired) electrons. The lowest BCUT2D eigenvalue weighted by atomic mass is 10.1. The van der Waals surface area contributed by atoms with Gasteiger partial charge in [0.1, 0.15) is 18.0 Å². The molecule has 0 fully saturated rings. The van der Waals surface area contributed by atoms with E-state index >= 15 is 0 Å². The largest absolute Gasteiger partial charge is 0.508 e. The Balaban J connectivity index is 2.38. The molecule has 3 N–H and O–H groups in total. The summed E-state index contributed by atoms with van der Waals surface area (Å²) in [6, 6.07) is 11.3. The highest BCUT2D eigenvalue weighted by atomic mass is 16.4. The number of aliphatic carboxylic acids is 1. The Kier molecular flexibility index (Phi) is 4.08. The fraction of sp³-hybridized carbons (Fsp3) is 0.0667. The number of carbonyl (C=O) groups is 2. The van der Waals surface area contributed by atoms with Crippen LogP contribution in [0.4, 0.5) is 5.69 Å². The number of phenolic OH excluding ortho intramolecular Hbond substituents is 2. The molecule has 0 atom stereocenters. The zero-order valence-corrected chi connectivity index (χ0v) is 10.9. The fourth-order valence-electron chi connectivity index (χ4n) is 1.84. The van der Waals surface area contributed by atoms with Crippen molar-refractivity contribution in [2.24, 2.45) is 0 Å². The first kappa shape index (κ1) is 14.4. The number of hydrogen-bond donors (Lipinski definition) is 3. The highest BCUT2D eigenvalue weighted by Gasteiger charge is 2.20. The molecule has 0 saturated carbocycles. The fourth-order valence-corrected chi connectivity index (χ4v) is 1.84. The van der Waals surface area contributed by atoms with Crippen molar-refractivity contribution in [2.45, 2.75) is 0 Å². The summed E-state index contributed by atoms with van der Waals surface area (Å²) >= 11 is 0. The molecule has 0 aliphatic rings. The van der Waals surface area contributed by atoms with E-state index in [1.54, 1.807) is 0 Å². The van der Waals surface area contributed by atoms with Gasteiger partial charge in [-0.3, -0.25) is 14.5 Å². The topological polar surface area (TPSA) is 98.1 Å². The lowest BCUT2D eigenvalue weighted by Gasteiger charge is -2.21. The molecule has 0 heterocycles. The van der Waals surface area contributed by atoms with E-state index < -0.39 is 18.4 Å². The van der Waals surface area contributed by atoms with Crippen LogP contribution in [0.25, 0.3) is 0 Å². The van der Waals surface area contributed by atoms with E-state index in [2.05, 4.69) is 0 Å². The first-order valence-corrected chi connectivity index (χ1v) is 6.09. The number of hydrogen-bond acceptors (Lipinski definition) is 4. The summed E-state index contributed by atoms with van der Waals surface area (Å²) in [5.74, 6) is -1.80. The number of carbonyl (C=O) groups excluding carboxylic acids is 1. The van der Waals surface area contributed by atoms with Crippen molar-refractivity contribution in [3.63, 3.8) is 0 Å². The molecule has 21 heavy (non-hydrogen) atoms. The van der Waals surface area contributed by atoms with Crippen LogP contribution in [0.15, 0.2) is 48.5 Å². The second kappa shape index (κ2) is 5.96. The van der Waals surface area contributed by atoms with Crippen molar-refractivity contribution in [1.29, 1.82) is 0 Å². The lowest BCUT2D eigenvalue weighted by Crippen LogP contribution is -2.35. The predicted molar refractivity (Wildman–Crippen MR) is 75.5 cm³/mol. The maximum Gasteiger partial charge on any atom is 0.323 e. The zero-order valence-electron chi connectivity index (χ0n) is 10.9. The third-order valence-corrected chi connectivity index (χ3v) is 2.79. The first-order chi connectivity index (χ1) is 9.97. The molecular formula is C15H13NO5. The summed E-state index contributed by atoms with van der Waals surface area (Å²) in [5.41, 5.74) is 0.507. The van der Waals surface area contributed by atoms with Gasteiger partial charge in [-0.05, 0) is 42.5 Å². The van der Waals surface area contributed by atoms with Crippen LogP contribution in [-0.4, -0.2) is 33.7 Å². The maximum atomic E-state index is 12.4. The molecule has 2 aromatic carbocycles. The minimum Gasteiger partial charge on any atom is -0.508 e. The van der Waals surface area contributed by atoms with Crippen LogP contribution >= 0.6 is 0 Å². The molecule has 0 unspecified atom stereocenters. The van der Waals surface area contributed by atoms with Crippen molar-refractivity contribution in [2.75, 3.05) is 11.4 Å². The van der Waals surface area contributed by atoms with E-state index in [-0.39, 0.29) is 17.1 Å². The van der Waals surface area contributed by atoms with Crippen molar-refractivity contribution >= 4 is 17.6 Å². The Hall–Kier alpha value is -3.02. The van der Waals surface area contributed by atoms with E-state index in [1.165, 1.54) is 48.5 Å². The quantitative estimate of drug-likeness (QED) is 0.797. The highest BCUT2D eigenvalue weighted by molar-refractivity contribution is 6.08. The van der Waals surface area contributed by atoms with Crippen molar-refractivity contribution in [3.8, 4) is 11.5 Å². The van der Waals surface area contributed by atoms with Crippen LogP contribution < -0.4 is 4.90 Å². The third-order valence-electron chi connectivity index (χ3n) is 2.79. The van der Waals surface area contributed by atoms with Gasteiger partial charge in [0.15, 0.2) is 0 Å². The molecule has 0 aliphatic heterocycles. The van der Waals surface area contributed by atoms with Crippen LogP contribution in [0.3, 0.4) is 0 Å². The number of amides is 1. The van der Waals surface area contributed by atoms with E-state index in [9.17, 15) is 19.8 Å².